The first-order valence-electron chi connectivity index (χ1n) is 4.77. The third-order valence-corrected chi connectivity index (χ3v) is 2.52. The van der Waals surface area contributed by atoms with Crippen molar-refractivity contribution in [3.05, 3.63) is 29.8 Å². The summed E-state index contributed by atoms with van der Waals surface area (Å²) in [6, 6.07) is 7.77. The summed E-state index contributed by atoms with van der Waals surface area (Å²) >= 11 is 0. The van der Waals surface area contributed by atoms with Crippen LogP contribution >= 0.6 is 0 Å². The summed E-state index contributed by atoms with van der Waals surface area (Å²) in [6.45, 7) is 0.488. The number of nitrogens with two attached hydrogens (primary N) is 1. The van der Waals surface area contributed by atoms with E-state index in [0.29, 0.717) is 18.9 Å². The highest BCUT2D eigenvalue weighted by atomic mass is 16.5. The van der Waals surface area contributed by atoms with Crippen LogP contribution in [0.4, 0.5) is 5.69 Å². The van der Waals surface area contributed by atoms with Crippen LogP contribution in [0.2, 0.25) is 0 Å². The first-order valence-corrected chi connectivity index (χ1v) is 4.77. The van der Waals surface area contributed by atoms with Crippen LogP contribution < -0.4 is 5.73 Å². The van der Waals surface area contributed by atoms with Crippen LogP contribution in [0.1, 0.15) is 24.3 Å². The van der Waals surface area contributed by atoms with Crippen molar-refractivity contribution in [2.24, 2.45) is 0 Å². The molecule has 0 bridgehead atoms. The van der Waals surface area contributed by atoms with Gasteiger partial charge in [-0.2, -0.15) is 0 Å². The number of carbonyl (C=O) groups excluding carboxylic acids is 1. The maximum absolute atomic E-state index is 10.9. The number of ether oxygens (including phenoxy) is 1. The van der Waals surface area contributed by atoms with Crippen molar-refractivity contribution in [2.75, 3.05) is 12.3 Å². The molecule has 14 heavy (non-hydrogen) atoms. The minimum atomic E-state index is -0.0925. The van der Waals surface area contributed by atoms with Crippen molar-refractivity contribution in [1.29, 1.82) is 0 Å². The van der Waals surface area contributed by atoms with Gasteiger partial charge in [-0.15, -0.1) is 0 Å². The van der Waals surface area contributed by atoms with E-state index in [1.54, 1.807) is 0 Å². The van der Waals surface area contributed by atoms with Gasteiger partial charge in [-0.1, -0.05) is 12.1 Å². The number of carbonyl (C=O) groups is 1. The average Bonchev–Trinajstić information content (AvgIpc) is 2.19. The van der Waals surface area contributed by atoms with E-state index in [1.807, 2.05) is 24.3 Å². The summed E-state index contributed by atoms with van der Waals surface area (Å²) in [5.41, 5.74) is 7.61. The molecule has 1 aliphatic rings. The molecule has 0 amide bonds. The van der Waals surface area contributed by atoms with Gasteiger partial charge in [0, 0.05) is 18.0 Å². The first-order chi connectivity index (χ1) is 6.75. The average molecular weight is 191 g/mol. The van der Waals surface area contributed by atoms with Gasteiger partial charge in [0.2, 0.25) is 0 Å². The van der Waals surface area contributed by atoms with E-state index in [4.69, 9.17) is 10.5 Å². The Hall–Kier alpha value is -1.51. The Morgan fingerprint density at radius 2 is 2.29 bits per heavy atom. The van der Waals surface area contributed by atoms with Crippen LogP contribution in [-0.4, -0.2) is 12.6 Å². The lowest BCUT2D eigenvalue weighted by Gasteiger charge is -2.21. The van der Waals surface area contributed by atoms with E-state index in [9.17, 15) is 4.79 Å². The van der Waals surface area contributed by atoms with Crippen LogP contribution in [0, 0.1) is 0 Å². The summed E-state index contributed by atoms with van der Waals surface area (Å²) in [6.07, 6.45) is 1.38. The number of nitrogen functional groups attached to an aromatic ring is 1. The normalized spacial score (nSPS) is 21.7. The fraction of sp³-hybridized carbons (Fsp3) is 0.364. The van der Waals surface area contributed by atoms with Crippen LogP contribution in [0.3, 0.4) is 0 Å². The predicted molar refractivity (Wildman–Crippen MR) is 53.8 cm³/mol. The molecule has 2 rings (SSSR count). The molecule has 1 atom stereocenters. The van der Waals surface area contributed by atoms with Gasteiger partial charge in [0.05, 0.1) is 6.61 Å². The molecule has 0 aromatic heterocycles. The van der Waals surface area contributed by atoms with Gasteiger partial charge in [0.15, 0.2) is 0 Å². The summed E-state index contributed by atoms with van der Waals surface area (Å²) in [7, 11) is 0. The number of benzene rings is 1. The highest BCUT2D eigenvalue weighted by Gasteiger charge is 2.21. The summed E-state index contributed by atoms with van der Waals surface area (Å²) in [5, 5.41) is 0. The summed E-state index contributed by atoms with van der Waals surface area (Å²) in [5.74, 6) is 0.223. The molecule has 1 aromatic carbocycles. The van der Waals surface area contributed by atoms with Gasteiger partial charge in [-0.25, -0.2) is 0 Å². The van der Waals surface area contributed by atoms with Gasteiger partial charge >= 0.3 is 5.97 Å². The second-order valence-electron chi connectivity index (χ2n) is 3.59. The van der Waals surface area contributed by atoms with Crippen molar-refractivity contribution in [3.63, 3.8) is 0 Å². The van der Waals surface area contributed by atoms with E-state index in [-0.39, 0.29) is 5.97 Å². The number of hydrogen-bond donors (Lipinski definition) is 1. The predicted octanol–water partition coefficient (Wildman–Crippen LogP) is 1.69. The molecule has 0 aliphatic carbocycles. The largest absolute Gasteiger partial charge is 0.465 e. The second kappa shape index (κ2) is 3.70. The first kappa shape index (κ1) is 9.06. The number of esters is 1. The number of rotatable bonds is 1. The van der Waals surface area contributed by atoms with E-state index in [2.05, 4.69) is 0 Å². The zero-order valence-corrected chi connectivity index (χ0v) is 7.90. The monoisotopic (exact) mass is 191 g/mol. The summed E-state index contributed by atoms with van der Waals surface area (Å²) in [4.78, 5) is 10.9. The SMILES string of the molecule is Nc1cccc(C2CCC(=O)OC2)c1. The molecular formula is C11H13NO2. The van der Waals surface area contributed by atoms with E-state index >= 15 is 0 Å². The zero-order chi connectivity index (χ0) is 9.97. The Bertz CT molecular complexity index is 339. The maximum Gasteiger partial charge on any atom is 0.305 e. The van der Waals surface area contributed by atoms with Crippen molar-refractivity contribution in [1.82, 2.24) is 0 Å². The Morgan fingerprint density at radius 1 is 1.43 bits per heavy atom. The van der Waals surface area contributed by atoms with E-state index in [1.165, 1.54) is 0 Å². The number of cyclic esters (lactones) is 1. The third kappa shape index (κ3) is 1.87. The third-order valence-electron chi connectivity index (χ3n) is 2.52. The molecule has 1 unspecified atom stereocenters. The molecular weight excluding hydrogens is 178 g/mol. The number of hydrogen-bond acceptors (Lipinski definition) is 3. The van der Waals surface area contributed by atoms with Crippen molar-refractivity contribution < 1.29 is 9.53 Å². The zero-order valence-electron chi connectivity index (χ0n) is 7.90. The van der Waals surface area contributed by atoms with Gasteiger partial charge in [0.25, 0.3) is 0 Å². The Balaban J connectivity index is 2.12. The minimum absolute atomic E-state index is 0.0925. The molecule has 3 nitrogen and oxygen atoms in total. The lowest BCUT2D eigenvalue weighted by atomic mass is 9.93. The summed E-state index contributed by atoms with van der Waals surface area (Å²) < 4.78 is 5.00. The Kier molecular flexibility index (Phi) is 2.39. The number of anilines is 1. The second-order valence-corrected chi connectivity index (χ2v) is 3.59. The topological polar surface area (TPSA) is 52.3 Å². The molecule has 3 heteroatoms. The maximum atomic E-state index is 10.9. The van der Waals surface area contributed by atoms with Crippen molar-refractivity contribution in [3.8, 4) is 0 Å². The smallest absolute Gasteiger partial charge is 0.305 e. The fourth-order valence-electron chi connectivity index (χ4n) is 1.72. The lowest BCUT2D eigenvalue weighted by Crippen LogP contribution is -2.20. The Labute approximate surface area is 82.9 Å². The van der Waals surface area contributed by atoms with Crippen LogP contribution in [0.25, 0.3) is 0 Å². The lowest BCUT2D eigenvalue weighted by molar-refractivity contribution is -0.147. The van der Waals surface area contributed by atoms with Gasteiger partial charge in [-0.3, -0.25) is 4.79 Å². The molecule has 1 saturated heterocycles. The van der Waals surface area contributed by atoms with Crippen LogP contribution in [0.5, 0.6) is 0 Å². The van der Waals surface area contributed by atoms with Gasteiger partial charge in [0.1, 0.15) is 0 Å². The van der Waals surface area contributed by atoms with Gasteiger partial charge in [-0.05, 0) is 24.1 Å². The standard InChI is InChI=1S/C11H13NO2/c12-10-3-1-2-8(6-10)9-4-5-11(13)14-7-9/h1-3,6,9H,4-5,7,12H2. The molecule has 0 saturated carbocycles. The van der Waals surface area contributed by atoms with Gasteiger partial charge < -0.3 is 10.5 Å². The van der Waals surface area contributed by atoms with Crippen molar-refractivity contribution >= 4 is 11.7 Å². The Morgan fingerprint density at radius 3 is 2.93 bits per heavy atom. The molecule has 74 valence electrons. The molecule has 1 fully saturated rings. The molecule has 0 radical (unpaired) electrons. The molecule has 2 N–H and O–H groups in total. The van der Waals surface area contributed by atoms with E-state index < -0.39 is 0 Å². The molecule has 1 aromatic rings. The van der Waals surface area contributed by atoms with Crippen LogP contribution in [0.15, 0.2) is 24.3 Å². The fourth-order valence-corrected chi connectivity index (χ4v) is 1.72. The van der Waals surface area contributed by atoms with E-state index in [0.717, 1.165) is 17.7 Å². The van der Waals surface area contributed by atoms with Crippen LogP contribution in [-0.2, 0) is 9.53 Å². The highest BCUT2D eigenvalue weighted by molar-refractivity contribution is 5.70. The quantitative estimate of drug-likeness (QED) is 0.543. The van der Waals surface area contributed by atoms with Crippen molar-refractivity contribution in [2.45, 2.75) is 18.8 Å². The molecule has 0 spiro atoms. The molecule has 1 aliphatic heterocycles. The highest BCUT2D eigenvalue weighted by Crippen LogP contribution is 2.26. The minimum Gasteiger partial charge on any atom is -0.465 e. The molecule has 1 heterocycles.